The average molecular weight is 468 g/mol. The molecule has 5 nitrogen and oxygen atoms in total. The molecule has 0 aliphatic heterocycles. The molecule has 0 amide bonds. The largest absolute Gasteiger partial charge is 0.497 e. The van der Waals surface area contributed by atoms with Crippen molar-refractivity contribution in [1.29, 1.82) is 0 Å². The number of halogens is 1. The lowest BCUT2D eigenvalue weighted by molar-refractivity contribution is -0.146. The van der Waals surface area contributed by atoms with Crippen molar-refractivity contribution in [3.05, 3.63) is 18.2 Å². The van der Waals surface area contributed by atoms with Crippen LogP contribution in [0.5, 0.6) is 5.75 Å². The van der Waals surface area contributed by atoms with E-state index in [-0.39, 0.29) is 35.5 Å². The van der Waals surface area contributed by atoms with Crippen LogP contribution in [-0.4, -0.2) is 33.6 Å². The second-order valence-electron chi connectivity index (χ2n) is 12.2. The summed E-state index contributed by atoms with van der Waals surface area (Å²) in [6.45, 7) is 4.84. The molecule has 184 valence electrons. The lowest BCUT2D eigenvalue weighted by atomic mass is 9.48. The van der Waals surface area contributed by atoms with Crippen molar-refractivity contribution in [2.45, 2.75) is 83.8 Å². The minimum Gasteiger partial charge on any atom is -0.497 e. The number of Topliss-reactive ketones (excluding diaryl/α,β-unsaturated/α-hetero) is 1. The Balaban J connectivity index is 1.20. The molecule has 0 bridgehead atoms. The quantitative estimate of drug-likeness (QED) is 0.553. The number of rotatable bonds is 4. The summed E-state index contributed by atoms with van der Waals surface area (Å²) in [4.78, 5) is 15.1. The zero-order chi connectivity index (χ0) is 23.7. The van der Waals surface area contributed by atoms with E-state index in [1.165, 1.54) is 0 Å². The summed E-state index contributed by atoms with van der Waals surface area (Å²) in [7, 11) is 1.63. The maximum absolute atomic E-state index is 16.5. The zero-order valence-corrected chi connectivity index (χ0v) is 20.8. The first-order valence-electron chi connectivity index (χ1n) is 13.4. The number of methoxy groups -OCH3 is 1. The first-order chi connectivity index (χ1) is 16.3. The maximum atomic E-state index is 16.5. The molecule has 4 aliphatic carbocycles. The fraction of sp³-hybridized carbons (Fsp3) is 0.750. The summed E-state index contributed by atoms with van der Waals surface area (Å²) in [6.07, 6.45) is 8.99. The second kappa shape index (κ2) is 8.03. The summed E-state index contributed by atoms with van der Waals surface area (Å²) < 4.78 is 21.8. The van der Waals surface area contributed by atoms with E-state index in [1.807, 2.05) is 18.2 Å². The van der Waals surface area contributed by atoms with Gasteiger partial charge in [-0.3, -0.25) is 4.79 Å². The Hall–Kier alpha value is -1.98. The fourth-order valence-electron chi connectivity index (χ4n) is 8.91. The van der Waals surface area contributed by atoms with Gasteiger partial charge in [-0.05, 0) is 105 Å². The smallest absolute Gasteiger partial charge is 0.159 e. The molecule has 1 aromatic carbocycles. The number of aromatic nitrogens is 3. The highest BCUT2D eigenvalue weighted by Crippen LogP contribution is 2.66. The molecule has 8 atom stereocenters. The predicted molar refractivity (Wildman–Crippen MR) is 129 cm³/mol. The molecule has 34 heavy (non-hydrogen) atoms. The van der Waals surface area contributed by atoms with Gasteiger partial charge in [0.05, 0.1) is 7.11 Å². The van der Waals surface area contributed by atoms with Gasteiger partial charge in [-0.2, -0.15) is 15.0 Å². The van der Waals surface area contributed by atoms with Crippen LogP contribution in [0.3, 0.4) is 0 Å². The van der Waals surface area contributed by atoms with Crippen LogP contribution < -0.4 is 4.74 Å². The Morgan fingerprint density at radius 2 is 1.91 bits per heavy atom. The van der Waals surface area contributed by atoms with Crippen LogP contribution in [0.4, 0.5) is 4.39 Å². The Morgan fingerprint density at radius 1 is 1.09 bits per heavy atom. The molecule has 4 saturated carbocycles. The van der Waals surface area contributed by atoms with Crippen molar-refractivity contribution >= 4 is 16.8 Å². The molecule has 4 aliphatic rings. The van der Waals surface area contributed by atoms with E-state index in [1.54, 1.807) is 11.9 Å². The molecule has 4 fully saturated rings. The summed E-state index contributed by atoms with van der Waals surface area (Å²) in [5.74, 6) is 3.07. The van der Waals surface area contributed by atoms with E-state index in [2.05, 4.69) is 24.0 Å². The Bertz CT molecular complexity index is 1100. The number of ketones is 1. The molecule has 6 rings (SSSR count). The van der Waals surface area contributed by atoms with Gasteiger partial charge in [0.15, 0.2) is 5.78 Å². The van der Waals surface area contributed by atoms with E-state index in [9.17, 15) is 4.79 Å². The summed E-state index contributed by atoms with van der Waals surface area (Å²) >= 11 is 0. The number of carbonyl (C=O) groups excluding carboxylic acids is 1. The van der Waals surface area contributed by atoms with Crippen molar-refractivity contribution in [2.75, 3.05) is 7.11 Å². The van der Waals surface area contributed by atoms with Gasteiger partial charge in [0, 0.05) is 12.0 Å². The van der Waals surface area contributed by atoms with Crippen molar-refractivity contribution in [3.8, 4) is 5.75 Å². The van der Waals surface area contributed by atoms with Gasteiger partial charge in [0.2, 0.25) is 0 Å². The summed E-state index contributed by atoms with van der Waals surface area (Å²) in [5.41, 5.74) is 0.546. The molecule has 0 saturated heterocycles. The molecule has 1 heterocycles. The van der Waals surface area contributed by atoms with Crippen LogP contribution in [-0.2, 0) is 11.3 Å². The molecule has 0 spiro atoms. The highest BCUT2D eigenvalue weighted by Gasteiger charge is 2.62. The van der Waals surface area contributed by atoms with Crippen molar-refractivity contribution in [3.63, 3.8) is 0 Å². The standard InChI is InChI=1S/C28H38FN3O2/c1-17-10-13-28(29)18(14-17)4-6-20-21-7-8-23(27(21,2)12-11-22(20)28)26(33)16-32-30-24-9-5-19(34-3)15-25(24)31-32/h5,9,15,17-18,20-23H,4,6-8,10-14,16H2,1-3H3/t17-,18+,20-,21?,22?,23+,27-,28+/m0/s1. The van der Waals surface area contributed by atoms with Gasteiger partial charge in [-0.1, -0.05) is 13.8 Å². The van der Waals surface area contributed by atoms with E-state index < -0.39 is 5.67 Å². The molecule has 1 aromatic heterocycles. The lowest BCUT2D eigenvalue weighted by Gasteiger charge is -2.58. The van der Waals surface area contributed by atoms with Crippen LogP contribution in [0.2, 0.25) is 0 Å². The third-order valence-corrected chi connectivity index (χ3v) is 10.6. The Labute approximate surface area is 201 Å². The molecular formula is C28H38FN3O2. The van der Waals surface area contributed by atoms with Crippen LogP contribution in [0, 0.1) is 40.9 Å². The SMILES string of the molecule is COc1ccc2nn(CC(=O)[C@H]3CCC4[C@@H]5CC[C@@H]6C[C@@H](C)CC[C@]6(F)C5CC[C@@]43C)nc2c1. The minimum absolute atomic E-state index is 0.0147. The van der Waals surface area contributed by atoms with Gasteiger partial charge in [-0.25, -0.2) is 4.39 Å². The average Bonchev–Trinajstić information content (AvgIpc) is 3.38. The van der Waals surface area contributed by atoms with Gasteiger partial charge >= 0.3 is 0 Å². The number of alkyl halides is 1. The number of fused-ring (bicyclic) bond motifs is 6. The molecule has 6 heteroatoms. The van der Waals surface area contributed by atoms with Gasteiger partial charge in [-0.15, -0.1) is 0 Å². The number of hydrogen-bond acceptors (Lipinski definition) is 4. The number of benzene rings is 1. The third-order valence-electron chi connectivity index (χ3n) is 10.6. The number of carbonyl (C=O) groups is 1. The van der Waals surface area contributed by atoms with Crippen molar-refractivity contribution < 1.29 is 13.9 Å². The van der Waals surface area contributed by atoms with Crippen LogP contribution in [0.15, 0.2) is 18.2 Å². The predicted octanol–water partition coefficient (Wildman–Crippen LogP) is 6.01. The highest BCUT2D eigenvalue weighted by molar-refractivity contribution is 5.82. The van der Waals surface area contributed by atoms with Crippen LogP contribution >= 0.6 is 0 Å². The first kappa shape index (κ1) is 22.5. The second-order valence-corrected chi connectivity index (χ2v) is 12.2. The zero-order valence-electron chi connectivity index (χ0n) is 20.8. The molecule has 0 N–H and O–H groups in total. The summed E-state index contributed by atoms with van der Waals surface area (Å²) in [5, 5.41) is 9.07. The van der Waals surface area contributed by atoms with Gasteiger partial charge in [0.1, 0.15) is 29.0 Å². The van der Waals surface area contributed by atoms with Gasteiger partial charge in [0.25, 0.3) is 0 Å². The number of ether oxygens (including phenoxy) is 1. The minimum atomic E-state index is -0.959. The topological polar surface area (TPSA) is 57.0 Å². The number of hydrogen-bond donors (Lipinski definition) is 0. The molecule has 2 aromatic rings. The third kappa shape index (κ3) is 3.34. The number of nitrogens with zero attached hydrogens (tertiary/aromatic N) is 3. The molecular weight excluding hydrogens is 429 g/mol. The van der Waals surface area contributed by atoms with Gasteiger partial charge < -0.3 is 4.74 Å². The molecule has 0 radical (unpaired) electrons. The van der Waals surface area contributed by atoms with Crippen molar-refractivity contribution in [1.82, 2.24) is 15.0 Å². The van der Waals surface area contributed by atoms with Crippen LogP contribution in [0.1, 0.15) is 71.6 Å². The van der Waals surface area contributed by atoms with E-state index >= 15 is 4.39 Å². The van der Waals surface area contributed by atoms with Crippen LogP contribution in [0.25, 0.3) is 11.0 Å². The first-order valence-corrected chi connectivity index (χ1v) is 13.4. The molecule has 2 unspecified atom stereocenters. The van der Waals surface area contributed by atoms with E-state index in [0.29, 0.717) is 17.8 Å². The van der Waals surface area contributed by atoms with E-state index in [4.69, 9.17) is 4.74 Å². The fourth-order valence-corrected chi connectivity index (χ4v) is 8.91. The highest BCUT2D eigenvalue weighted by atomic mass is 19.1. The lowest BCUT2D eigenvalue weighted by Crippen LogP contribution is -2.56. The van der Waals surface area contributed by atoms with E-state index in [0.717, 1.165) is 74.6 Å². The van der Waals surface area contributed by atoms with Crippen molar-refractivity contribution in [2.24, 2.45) is 40.9 Å². The maximum Gasteiger partial charge on any atom is 0.159 e. The Kier molecular flexibility index (Phi) is 5.31. The summed E-state index contributed by atoms with van der Waals surface area (Å²) in [6, 6.07) is 5.60. The normalized spacial score (nSPS) is 41.5. The monoisotopic (exact) mass is 467 g/mol. The Morgan fingerprint density at radius 3 is 2.74 bits per heavy atom.